The molecular formula is C19H22N4OS. The maximum atomic E-state index is 6.06. The van der Waals surface area contributed by atoms with Crippen LogP contribution in [0.4, 0.5) is 0 Å². The largest absolute Gasteiger partial charge is 0.375 e. The van der Waals surface area contributed by atoms with Crippen LogP contribution >= 0.6 is 11.3 Å². The molecule has 0 saturated carbocycles. The summed E-state index contributed by atoms with van der Waals surface area (Å²) < 4.78 is 7.96. The Hall–Kier alpha value is -2.02. The average Bonchev–Trinajstić information content (AvgIpc) is 3.28. The van der Waals surface area contributed by atoms with E-state index >= 15 is 0 Å². The van der Waals surface area contributed by atoms with Gasteiger partial charge in [0.05, 0.1) is 24.9 Å². The van der Waals surface area contributed by atoms with E-state index in [4.69, 9.17) is 4.74 Å². The molecule has 1 aromatic carbocycles. The highest BCUT2D eigenvalue weighted by Gasteiger charge is 2.31. The van der Waals surface area contributed by atoms with Gasteiger partial charge in [0.15, 0.2) is 0 Å². The van der Waals surface area contributed by atoms with E-state index in [0.29, 0.717) is 13.2 Å². The van der Waals surface area contributed by atoms with Crippen LogP contribution in [0.1, 0.15) is 28.6 Å². The van der Waals surface area contributed by atoms with E-state index in [9.17, 15) is 0 Å². The summed E-state index contributed by atoms with van der Waals surface area (Å²) in [6, 6.07) is 12.7. The first-order valence-electron chi connectivity index (χ1n) is 8.56. The number of aryl methyl sites for hydroxylation is 1. The van der Waals surface area contributed by atoms with E-state index in [1.807, 2.05) is 29.9 Å². The Morgan fingerprint density at radius 2 is 2.08 bits per heavy atom. The lowest BCUT2D eigenvalue weighted by molar-refractivity contribution is 0.0389. The zero-order valence-electron chi connectivity index (χ0n) is 14.3. The monoisotopic (exact) mass is 354 g/mol. The molecule has 2 aromatic heterocycles. The van der Waals surface area contributed by atoms with Crippen molar-refractivity contribution in [2.24, 2.45) is 7.05 Å². The number of ether oxygens (including phenoxy) is 1. The summed E-state index contributed by atoms with van der Waals surface area (Å²) in [7, 11) is 1.97. The predicted molar refractivity (Wildman–Crippen MR) is 98.3 cm³/mol. The van der Waals surface area contributed by atoms with E-state index in [1.54, 1.807) is 11.3 Å². The smallest absolute Gasteiger partial charge is 0.105 e. The van der Waals surface area contributed by atoms with Crippen molar-refractivity contribution in [3.05, 3.63) is 69.7 Å². The fraction of sp³-hybridized carbons (Fsp3) is 0.368. The van der Waals surface area contributed by atoms with Crippen LogP contribution in [-0.4, -0.2) is 33.0 Å². The molecule has 0 aliphatic carbocycles. The molecule has 5 nitrogen and oxygen atoms in total. The van der Waals surface area contributed by atoms with Crippen molar-refractivity contribution in [3.8, 4) is 0 Å². The summed E-state index contributed by atoms with van der Waals surface area (Å²) in [6.45, 7) is 3.19. The van der Waals surface area contributed by atoms with E-state index in [0.717, 1.165) is 25.2 Å². The third kappa shape index (κ3) is 3.66. The van der Waals surface area contributed by atoms with Crippen LogP contribution in [0.3, 0.4) is 0 Å². The highest BCUT2D eigenvalue weighted by Crippen LogP contribution is 2.30. The number of thiophene rings is 1. The van der Waals surface area contributed by atoms with Crippen LogP contribution in [0.25, 0.3) is 0 Å². The number of hydrogen-bond acceptors (Lipinski definition) is 5. The Balaban J connectivity index is 1.49. The Morgan fingerprint density at radius 1 is 1.20 bits per heavy atom. The lowest BCUT2D eigenvalue weighted by Gasteiger charge is -2.34. The lowest BCUT2D eigenvalue weighted by atomic mass is 10.0. The summed E-state index contributed by atoms with van der Waals surface area (Å²) in [4.78, 5) is 2.46. The fourth-order valence-electron chi connectivity index (χ4n) is 3.37. The molecule has 4 rings (SSSR count). The second-order valence-electron chi connectivity index (χ2n) is 6.41. The topological polar surface area (TPSA) is 43.2 Å². The number of nitrogens with zero attached hydrogens (tertiary/aromatic N) is 4. The number of fused-ring (bicyclic) bond motifs is 1. The van der Waals surface area contributed by atoms with Crippen LogP contribution in [0.2, 0.25) is 0 Å². The van der Waals surface area contributed by atoms with Gasteiger partial charge in [-0.3, -0.25) is 9.58 Å². The first-order valence-corrected chi connectivity index (χ1v) is 9.51. The minimum absolute atomic E-state index is 0.154. The molecule has 3 heterocycles. The Morgan fingerprint density at radius 3 is 2.88 bits per heavy atom. The highest BCUT2D eigenvalue weighted by molar-refractivity contribution is 7.07. The number of hydrogen-bond donors (Lipinski definition) is 0. The van der Waals surface area contributed by atoms with Gasteiger partial charge in [-0.25, -0.2) is 0 Å². The molecule has 0 bridgehead atoms. The third-order valence-corrected chi connectivity index (χ3v) is 5.45. The molecule has 3 aromatic rings. The second-order valence-corrected chi connectivity index (χ2v) is 7.19. The minimum atomic E-state index is 0.154. The van der Waals surface area contributed by atoms with Crippen molar-refractivity contribution in [2.75, 3.05) is 13.2 Å². The Kier molecular flexibility index (Phi) is 4.92. The molecule has 6 heteroatoms. The predicted octanol–water partition coefficient (Wildman–Crippen LogP) is 3.19. The quantitative estimate of drug-likeness (QED) is 0.682. The molecule has 0 radical (unpaired) electrons. The van der Waals surface area contributed by atoms with Crippen LogP contribution in [0.15, 0.2) is 47.2 Å². The first kappa shape index (κ1) is 16.4. The van der Waals surface area contributed by atoms with Crippen LogP contribution in [0.5, 0.6) is 0 Å². The highest BCUT2D eigenvalue weighted by atomic mass is 32.1. The molecule has 1 aliphatic heterocycles. The van der Waals surface area contributed by atoms with Gasteiger partial charge in [-0.05, 0) is 28.0 Å². The van der Waals surface area contributed by atoms with Crippen molar-refractivity contribution in [1.29, 1.82) is 0 Å². The number of rotatable bonds is 6. The fourth-order valence-corrected chi connectivity index (χ4v) is 4.03. The van der Waals surface area contributed by atoms with Crippen molar-refractivity contribution < 1.29 is 4.74 Å². The lowest BCUT2D eigenvalue weighted by Crippen LogP contribution is -2.38. The van der Waals surface area contributed by atoms with Gasteiger partial charge in [0.2, 0.25) is 0 Å². The molecule has 1 aliphatic rings. The van der Waals surface area contributed by atoms with Crippen molar-refractivity contribution >= 4 is 11.3 Å². The van der Waals surface area contributed by atoms with E-state index in [1.165, 1.54) is 16.8 Å². The SMILES string of the molecule is Cn1nnc2c1CCN(Cc1ccsc1)[C@H]2COCc1ccccc1. The molecule has 0 spiro atoms. The van der Waals surface area contributed by atoms with Gasteiger partial charge in [-0.1, -0.05) is 35.5 Å². The average molecular weight is 354 g/mol. The first-order chi connectivity index (χ1) is 12.3. The maximum Gasteiger partial charge on any atom is 0.105 e. The molecule has 0 amide bonds. The molecule has 25 heavy (non-hydrogen) atoms. The normalized spacial score (nSPS) is 17.6. The van der Waals surface area contributed by atoms with Gasteiger partial charge in [-0.15, -0.1) is 5.10 Å². The van der Waals surface area contributed by atoms with Crippen molar-refractivity contribution in [2.45, 2.75) is 25.6 Å². The summed E-state index contributed by atoms with van der Waals surface area (Å²) in [5, 5.41) is 13.0. The van der Waals surface area contributed by atoms with E-state index in [-0.39, 0.29) is 6.04 Å². The van der Waals surface area contributed by atoms with Gasteiger partial charge in [0, 0.05) is 26.6 Å². The summed E-state index contributed by atoms with van der Waals surface area (Å²) in [5.74, 6) is 0. The Labute approximate surface area is 151 Å². The number of aromatic nitrogens is 3. The van der Waals surface area contributed by atoms with Gasteiger partial charge < -0.3 is 4.74 Å². The molecule has 0 fully saturated rings. The van der Waals surface area contributed by atoms with E-state index < -0.39 is 0 Å². The van der Waals surface area contributed by atoms with Crippen molar-refractivity contribution in [1.82, 2.24) is 19.9 Å². The van der Waals surface area contributed by atoms with Gasteiger partial charge in [0.1, 0.15) is 5.69 Å². The van der Waals surface area contributed by atoms with Crippen molar-refractivity contribution in [3.63, 3.8) is 0 Å². The van der Waals surface area contributed by atoms with E-state index in [2.05, 4.69) is 44.2 Å². The molecule has 130 valence electrons. The zero-order chi connectivity index (χ0) is 17.1. The summed E-state index contributed by atoms with van der Waals surface area (Å²) >= 11 is 1.74. The zero-order valence-corrected chi connectivity index (χ0v) is 15.2. The molecule has 1 atom stereocenters. The molecule has 0 saturated heterocycles. The standard InChI is InChI=1S/C19H22N4OS/c1-22-17-7-9-23(11-16-8-10-25-14-16)18(19(17)20-21-22)13-24-12-15-5-3-2-4-6-15/h2-6,8,10,14,18H,7,9,11-13H2,1H3/t18-/m0/s1. The molecule has 0 unspecified atom stereocenters. The third-order valence-electron chi connectivity index (χ3n) is 4.72. The van der Waals surface area contributed by atoms with Gasteiger partial charge in [0.25, 0.3) is 0 Å². The van der Waals surface area contributed by atoms with Gasteiger partial charge in [-0.2, -0.15) is 11.3 Å². The Bertz CT molecular complexity index is 800. The number of benzene rings is 1. The summed E-state index contributed by atoms with van der Waals surface area (Å²) in [6.07, 6.45) is 0.984. The second kappa shape index (κ2) is 7.47. The maximum absolute atomic E-state index is 6.06. The molecule has 0 N–H and O–H groups in total. The van der Waals surface area contributed by atoms with Crippen LogP contribution < -0.4 is 0 Å². The van der Waals surface area contributed by atoms with Crippen LogP contribution in [-0.2, 0) is 31.4 Å². The van der Waals surface area contributed by atoms with Crippen LogP contribution in [0, 0.1) is 0 Å². The molecular weight excluding hydrogens is 332 g/mol. The van der Waals surface area contributed by atoms with Gasteiger partial charge >= 0.3 is 0 Å². The summed E-state index contributed by atoms with van der Waals surface area (Å²) in [5.41, 5.74) is 4.85. The minimum Gasteiger partial charge on any atom is -0.375 e.